The van der Waals surface area contributed by atoms with Gasteiger partial charge in [0.1, 0.15) is 5.75 Å². The van der Waals surface area contributed by atoms with Crippen LogP contribution < -0.4 is 0 Å². The van der Waals surface area contributed by atoms with E-state index in [4.69, 9.17) is 0 Å². The van der Waals surface area contributed by atoms with Gasteiger partial charge < -0.3 is 5.11 Å². The molecule has 0 bridgehead atoms. The molecule has 0 aromatic heterocycles. The van der Waals surface area contributed by atoms with Gasteiger partial charge in [-0.2, -0.15) is 0 Å². The highest BCUT2D eigenvalue weighted by atomic mass is 16.3. The van der Waals surface area contributed by atoms with E-state index in [1.807, 2.05) is 18.2 Å². The number of phenols is 1. The number of rotatable bonds is 11. The molecule has 1 heteroatoms. The van der Waals surface area contributed by atoms with Gasteiger partial charge in [-0.25, -0.2) is 0 Å². The van der Waals surface area contributed by atoms with Crippen molar-refractivity contribution in [3.05, 3.63) is 64.7 Å². The van der Waals surface area contributed by atoms with Crippen molar-refractivity contribution >= 4 is 0 Å². The predicted octanol–water partition coefficient (Wildman–Crippen LogP) is 7.76. The second-order valence-corrected chi connectivity index (χ2v) is 8.04. The number of unbranched alkanes of at least 4 members (excludes halogenated alkanes) is 4. The van der Waals surface area contributed by atoms with Crippen LogP contribution in [0.25, 0.3) is 0 Å². The normalized spacial score (nSPS) is 13.5. The molecule has 0 saturated carbocycles. The van der Waals surface area contributed by atoms with E-state index in [0.29, 0.717) is 17.6 Å². The van der Waals surface area contributed by atoms with Gasteiger partial charge in [0.25, 0.3) is 0 Å². The summed E-state index contributed by atoms with van der Waals surface area (Å²) in [7, 11) is 0. The van der Waals surface area contributed by atoms with Crippen LogP contribution in [-0.4, -0.2) is 5.11 Å². The number of benzene rings is 2. The summed E-state index contributed by atoms with van der Waals surface area (Å²) in [6.45, 7) is 9.12. The minimum Gasteiger partial charge on any atom is -0.508 e. The Kier molecular flexibility index (Phi) is 8.91. The van der Waals surface area contributed by atoms with Gasteiger partial charge in [0.05, 0.1) is 0 Å². The molecule has 0 aliphatic rings. The van der Waals surface area contributed by atoms with Crippen LogP contribution in [-0.2, 0) is 12.8 Å². The van der Waals surface area contributed by atoms with Gasteiger partial charge in [0, 0.05) is 0 Å². The molecule has 0 heterocycles. The van der Waals surface area contributed by atoms with E-state index in [2.05, 4.69) is 52.0 Å². The monoisotopic (exact) mass is 366 g/mol. The first kappa shape index (κ1) is 21.5. The third-order valence-electron chi connectivity index (χ3n) is 6.06. The first-order valence-electron chi connectivity index (χ1n) is 11.0. The van der Waals surface area contributed by atoms with Gasteiger partial charge in [-0.3, -0.25) is 0 Å². The molecule has 0 aliphatic heterocycles. The zero-order valence-electron chi connectivity index (χ0n) is 17.8. The Balaban J connectivity index is 2.32. The molecule has 0 radical (unpaired) electrons. The quantitative estimate of drug-likeness (QED) is 0.403. The van der Waals surface area contributed by atoms with E-state index in [1.165, 1.54) is 56.9 Å². The first-order chi connectivity index (χ1) is 13.1. The van der Waals surface area contributed by atoms with E-state index >= 15 is 0 Å². The van der Waals surface area contributed by atoms with E-state index < -0.39 is 0 Å². The lowest BCUT2D eigenvalue weighted by Crippen LogP contribution is -2.10. The minimum atomic E-state index is 0.294. The maximum absolute atomic E-state index is 10.3. The van der Waals surface area contributed by atoms with Crippen molar-refractivity contribution in [3.63, 3.8) is 0 Å². The van der Waals surface area contributed by atoms with Crippen molar-refractivity contribution in [1.29, 1.82) is 0 Å². The maximum atomic E-state index is 10.3. The number of hydrogen-bond donors (Lipinski definition) is 1. The Hall–Kier alpha value is -1.76. The summed E-state index contributed by atoms with van der Waals surface area (Å²) >= 11 is 0. The standard InChI is InChI=1S/C26H38O/c1-5-7-9-14-22-15-13-18-23(25(22)17-10-8-6-2)20(3)21(4)24-16-11-12-19-26(24)27/h11-13,15-16,18-21,27H,5-10,14,17H2,1-4H3. The highest BCUT2D eigenvalue weighted by Gasteiger charge is 2.22. The third kappa shape index (κ3) is 5.86. The van der Waals surface area contributed by atoms with Gasteiger partial charge in [-0.05, 0) is 65.8 Å². The van der Waals surface area contributed by atoms with Crippen LogP contribution in [0.1, 0.15) is 100 Å². The second-order valence-electron chi connectivity index (χ2n) is 8.04. The fraction of sp³-hybridized carbons (Fsp3) is 0.538. The molecular formula is C26H38O. The first-order valence-corrected chi connectivity index (χ1v) is 11.0. The van der Waals surface area contributed by atoms with Crippen LogP contribution in [0.15, 0.2) is 42.5 Å². The molecule has 2 atom stereocenters. The molecule has 0 saturated heterocycles. The Morgan fingerprint density at radius 2 is 1.30 bits per heavy atom. The van der Waals surface area contributed by atoms with Crippen LogP contribution in [0.2, 0.25) is 0 Å². The van der Waals surface area contributed by atoms with Crippen LogP contribution in [0.3, 0.4) is 0 Å². The highest BCUT2D eigenvalue weighted by molar-refractivity contribution is 5.42. The molecule has 0 spiro atoms. The summed E-state index contributed by atoms with van der Waals surface area (Å²) in [4.78, 5) is 0. The lowest BCUT2D eigenvalue weighted by molar-refractivity contribution is 0.456. The number of aromatic hydroxyl groups is 1. The Morgan fingerprint density at radius 1 is 0.704 bits per heavy atom. The SMILES string of the molecule is CCCCCc1cccc(C(C)C(C)c2ccccc2O)c1CCCCC. The number of aryl methyl sites for hydroxylation is 1. The molecule has 148 valence electrons. The van der Waals surface area contributed by atoms with Crippen LogP contribution >= 0.6 is 0 Å². The number of hydrogen-bond acceptors (Lipinski definition) is 1. The summed E-state index contributed by atoms with van der Waals surface area (Å²) in [6.07, 6.45) is 10.1. The zero-order chi connectivity index (χ0) is 19.6. The van der Waals surface area contributed by atoms with E-state index in [-0.39, 0.29) is 0 Å². The third-order valence-corrected chi connectivity index (χ3v) is 6.06. The molecule has 0 amide bonds. The molecule has 1 N–H and O–H groups in total. The van der Waals surface area contributed by atoms with Crippen molar-refractivity contribution < 1.29 is 5.11 Å². The van der Waals surface area contributed by atoms with Crippen molar-refractivity contribution in [1.82, 2.24) is 0 Å². The van der Waals surface area contributed by atoms with E-state index in [1.54, 1.807) is 11.1 Å². The fourth-order valence-electron chi connectivity index (χ4n) is 4.15. The molecular weight excluding hydrogens is 328 g/mol. The summed E-state index contributed by atoms with van der Waals surface area (Å²) in [5.74, 6) is 1.10. The molecule has 2 aromatic rings. The van der Waals surface area contributed by atoms with Crippen molar-refractivity contribution in [2.24, 2.45) is 0 Å². The van der Waals surface area contributed by atoms with Crippen LogP contribution in [0, 0.1) is 0 Å². The van der Waals surface area contributed by atoms with Gasteiger partial charge in [0.2, 0.25) is 0 Å². The Bertz CT molecular complexity index is 688. The second kappa shape index (κ2) is 11.2. The lowest BCUT2D eigenvalue weighted by atomic mass is 9.79. The fourth-order valence-corrected chi connectivity index (χ4v) is 4.15. The summed E-state index contributed by atoms with van der Waals surface area (Å²) in [5.41, 5.74) is 5.67. The van der Waals surface area contributed by atoms with Crippen LogP contribution in [0.4, 0.5) is 0 Å². The minimum absolute atomic E-state index is 0.294. The Labute approximate surface area is 166 Å². The van der Waals surface area contributed by atoms with Gasteiger partial charge >= 0.3 is 0 Å². The molecule has 2 rings (SSSR count). The predicted molar refractivity (Wildman–Crippen MR) is 118 cm³/mol. The molecule has 27 heavy (non-hydrogen) atoms. The van der Waals surface area contributed by atoms with Gasteiger partial charge in [0.15, 0.2) is 0 Å². The largest absolute Gasteiger partial charge is 0.508 e. The molecule has 0 aliphatic carbocycles. The number of para-hydroxylation sites is 1. The average molecular weight is 367 g/mol. The van der Waals surface area contributed by atoms with E-state index in [9.17, 15) is 5.11 Å². The van der Waals surface area contributed by atoms with Crippen molar-refractivity contribution in [2.45, 2.75) is 90.9 Å². The molecule has 0 fully saturated rings. The maximum Gasteiger partial charge on any atom is 0.119 e. The summed E-state index contributed by atoms with van der Waals surface area (Å²) in [6, 6.07) is 14.7. The molecule has 2 unspecified atom stereocenters. The van der Waals surface area contributed by atoms with Gasteiger partial charge in [-0.1, -0.05) is 89.8 Å². The lowest BCUT2D eigenvalue weighted by Gasteiger charge is -2.26. The topological polar surface area (TPSA) is 20.2 Å². The van der Waals surface area contributed by atoms with Crippen molar-refractivity contribution in [3.8, 4) is 5.75 Å². The van der Waals surface area contributed by atoms with E-state index in [0.717, 1.165) is 5.56 Å². The zero-order valence-corrected chi connectivity index (χ0v) is 17.8. The molecule has 2 aromatic carbocycles. The molecule has 1 nitrogen and oxygen atoms in total. The Morgan fingerprint density at radius 3 is 1.96 bits per heavy atom. The van der Waals surface area contributed by atoms with Crippen molar-refractivity contribution in [2.75, 3.05) is 0 Å². The highest BCUT2D eigenvalue weighted by Crippen LogP contribution is 2.38. The van der Waals surface area contributed by atoms with Crippen LogP contribution in [0.5, 0.6) is 5.75 Å². The summed E-state index contributed by atoms with van der Waals surface area (Å²) < 4.78 is 0. The number of phenolic OH excluding ortho intramolecular Hbond substituents is 1. The van der Waals surface area contributed by atoms with Gasteiger partial charge in [-0.15, -0.1) is 0 Å². The summed E-state index contributed by atoms with van der Waals surface area (Å²) in [5, 5.41) is 10.3. The smallest absolute Gasteiger partial charge is 0.119 e. The average Bonchev–Trinajstić information content (AvgIpc) is 2.68.